The van der Waals surface area contributed by atoms with Crippen molar-refractivity contribution in [1.82, 2.24) is 0 Å². The Morgan fingerprint density at radius 1 is 1.19 bits per heavy atom. The van der Waals surface area contributed by atoms with Crippen molar-refractivity contribution in [1.29, 1.82) is 0 Å². The summed E-state index contributed by atoms with van der Waals surface area (Å²) in [5.41, 5.74) is 1.61. The summed E-state index contributed by atoms with van der Waals surface area (Å²) >= 11 is 6.07. The molecule has 3 aromatic rings. The molecule has 1 heterocycles. The van der Waals surface area contributed by atoms with Crippen molar-refractivity contribution in [2.45, 2.75) is 13.5 Å². The highest BCUT2D eigenvalue weighted by molar-refractivity contribution is 6.31. The Morgan fingerprint density at radius 2 is 1.95 bits per heavy atom. The number of fused-ring (bicyclic) bond motifs is 1. The summed E-state index contributed by atoms with van der Waals surface area (Å²) < 4.78 is 11.3. The average molecular weight is 301 g/mol. The summed E-state index contributed by atoms with van der Waals surface area (Å²) in [5, 5.41) is 1.26. The molecule has 0 saturated heterocycles. The molecule has 0 aliphatic rings. The van der Waals surface area contributed by atoms with Crippen molar-refractivity contribution in [3.05, 3.63) is 64.9 Å². The van der Waals surface area contributed by atoms with Gasteiger partial charge in [-0.1, -0.05) is 41.9 Å². The summed E-state index contributed by atoms with van der Waals surface area (Å²) in [6.45, 7) is 1.89. The van der Waals surface area contributed by atoms with E-state index in [0.29, 0.717) is 28.7 Å². The monoisotopic (exact) mass is 300 g/mol. The molecular formula is C17H13ClO3. The van der Waals surface area contributed by atoms with E-state index >= 15 is 0 Å². The van der Waals surface area contributed by atoms with E-state index in [9.17, 15) is 4.79 Å². The lowest BCUT2D eigenvalue weighted by Crippen LogP contribution is -1.95. The molecule has 0 amide bonds. The quantitative estimate of drug-likeness (QED) is 0.645. The van der Waals surface area contributed by atoms with Crippen molar-refractivity contribution >= 4 is 28.4 Å². The van der Waals surface area contributed by atoms with Gasteiger partial charge in [0.15, 0.2) is 11.5 Å². The average Bonchev–Trinajstić information content (AvgIpc) is 2.90. The van der Waals surface area contributed by atoms with E-state index in [4.69, 9.17) is 20.8 Å². The number of ether oxygens (including phenoxy) is 1. The van der Waals surface area contributed by atoms with Gasteiger partial charge in [-0.3, -0.25) is 4.79 Å². The van der Waals surface area contributed by atoms with Crippen LogP contribution in [0.2, 0.25) is 5.02 Å². The molecule has 1 aromatic heterocycles. The molecule has 0 spiro atoms. The number of hydrogen-bond donors (Lipinski definition) is 0. The number of rotatable bonds is 4. The fraction of sp³-hybridized carbons (Fsp3) is 0.118. The molecule has 4 heteroatoms. The van der Waals surface area contributed by atoms with Gasteiger partial charge in [0, 0.05) is 18.0 Å². The Labute approximate surface area is 127 Å². The van der Waals surface area contributed by atoms with Gasteiger partial charge in [0.05, 0.1) is 5.39 Å². The number of carbonyl (C=O) groups is 1. The molecule has 3 rings (SSSR count). The Hall–Kier alpha value is -2.26. The van der Waals surface area contributed by atoms with Crippen LogP contribution in [0.3, 0.4) is 0 Å². The van der Waals surface area contributed by atoms with E-state index in [1.54, 1.807) is 18.2 Å². The number of carbonyl (C=O) groups excluding carboxylic acids is 1. The molecule has 0 aliphatic carbocycles. The standard InChI is InChI=1S/C17H13ClO3/c1-11(19)15-9-14-16(7-13(18)8-17(14)21-15)20-10-12-5-3-2-4-6-12/h2-9H,10H2,1H3. The molecule has 0 fully saturated rings. The maximum atomic E-state index is 11.4. The first-order valence-corrected chi connectivity index (χ1v) is 6.92. The predicted molar refractivity (Wildman–Crippen MR) is 82.0 cm³/mol. The summed E-state index contributed by atoms with van der Waals surface area (Å²) in [5.74, 6) is 0.783. The fourth-order valence-electron chi connectivity index (χ4n) is 2.10. The van der Waals surface area contributed by atoms with E-state index in [1.165, 1.54) is 6.92 Å². The Bertz CT molecular complexity index is 790. The van der Waals surface area contributed by atoms with Crippen LogP contribution in [0.25, 0.3) is 11.0 Å². The third kappa shape index (κ3) is 2.93. The molecule has 0 aliphatic heterocycles. The second kappa shape index (κ2) is 5.62. The number of benzene rings is 2. The third-order valence-corrected chi connectivity index (χ3v) is 3.37. The highest BCUT2D eigenvalue weighted by atomic mass is 35.5. The minimum absolute atomic E-state index is 0.128. The van der Waals surface area contributed by atoms with E-state index in [1.807, 2.05) is 30.3 Å². The summed E-state index contributed by atoms with van der Waals surface area (Å²) in [4.78, 5) is 11.4. The van der Waals surface area contributed by atoms with Crippen LogP contribution in [-0.2, 0) is 6.61 Å². The third-order valence-electron chi connectivity index (χ3n) is 3.15. The molecule has 0 radical (unpaired) electrons. The van der Waals surface area contributed by atoms with Crippen molar-refractivity contribution in [2.24, 2.45) is 0 Å². The van der Waals surface area contributed by atoms with E-state index < -0.39 is 0 Å². The van der Waals surface area contributed by atoms with Crippen molar-refractivity contribution < 1.29 is 13.9 Å². The largest absolute Gasteiger partial charge is 0.488 e. The predicted octanol–water partition coefficient (Wildman–Crippen LogP) is 4.87. The van der Waals surface area contributed by atoms with Gasteiger partial charge in [-0.2, -0.15) is 0 Å². The van der Waals surface area contributed by atoms with Crippen LogP contribution in [0.15, 0.2) is 52.9 Å². The molecule has 0 N–H and O–H groups in total. The Morgan fingerprint density at radius 3 is 2.67 bits per heavy atom. The van der Waals surface area contributed by atoms with Crippen molar-refractivity contribution in [2.75, 3.05) is 0 Å². The molecule has 2 aromatic carbocycles. The van der Waals surface area contributed by atoms with E-state index in [0.717, 1.165) is 10.9 Å². The maximum Gasteiger partial charge on any atom is 0.194 e. The fourth-order valence-corrected chi connectivity index (χ4v) is 2.30. The summed E-state index contributed by atoms with van der Waals surface area (Å²) in [6, 6.07) is 14.9. The van der Waals surface area contributed by atoms with Gasteiger partial charge in [0.2, 0.25) is 0 Å². The lowest BCUT2D eigenvalue weighted by Gasteiger charge is -2.07. The van der Waals surface area contributed by atoms with Gasteiger partial charge >= 0.3 is 0 Å². The summed E-state index contributed by atoms with van der Waals surface area (Å²) in [6.07, 6.45) is 0. The van der Waals surface area contributed by atoms with Gasteiger partial charge in [0.25, 0.3) is 0 Å². The highest BCUT2D eigenvalue weighted by Crippen LogP contribution is 2.33. The molecule has 0 atom stereocenters. The van der Waals surface area contributed by atoms with Crippen LogP contribution >= 0.6 is 11.6 Å². The lowest BCUT2D eigenvalue weighted by atomic mass is 10.2. The highest BCUT2D eigenvalue weighted by Gasteiger charge is 2.13. The van der Waals surface area contributed by atoms with Gasteiger partial charge in [-0.25, -0.2) is 0 Å². The minimum atomic E-state index is -0.128. The minimum Gasteiger partial charge on any atom is -0.488 e. The van der Waals surface area contributed by atoms with Gasteiger partial charge in [-0.15, -0.1) is 0 Å². The van der Waals surface area contributed by atoms with Gasteiger partial charge in [-0.05, 0) is 17.7 Å². The zero-order valence-corrected chi connectivity index (χ0v) is 12.2. The zero-order chi connectivity index (χ0) is 14.8. The number of Topliss-reactive ketones (excluding diaryl/α,β-unsaturated/α-hetero) is 1. The van der Waals surface area contributed by atoms with E-state index in [2.05, 4.69) is 0 Å². The van der Waals surface area contributed by atoms with Crippen LogP contribution in [0.4, 0.5) is 0 Å². The smallest absolute Gasteiger partial charge is 0.194 e. The van der Waals surface area contributed by atoms with Crippen LogP contribution in [0.1, 0.15) is 23.0 Å². The van der Waals surface area contributed by atoms with Crippen molar-refractivity contribution in [3.8, 4) is 5.75 Å². The van der Waals surface area contributed by atoms with Crippen LogP contribution < -0.4 is 4.74 Å². The first-order valence-electron chi connectivity index (χ1n) is 6.54. The second-order valence-corrected chi connectivity index (χ2v) is 5.19. The van der Waals surface area contributed by atoms with E-state index in [-0.39, 0.29) is 5.78 Å². The Kier molecular flexibility index (Phi) is 3.67. The van der Waals surface area contributed by atoms with Gasteiger partial charge in [0.1, 0.15) is 17.9 Å². The van der Waals surface area contributed by atoms with Gasteiger partial charge < -0.3 is 9.15 Å². The molecular weight excluding hydrogens is 288 g/mol. The normalized spacial score (nSPS) is 10.8. The molecule has 0 unspecified atom stereocenters. The number of furan rings is 1. The molecule has 3 nitrogen and oxygen atoms in total. The molecule has 0 saturated carbocycles. The molecule has 106 valence electrons. The van der Waals surface area contributed by atoms with Crippen LogP contribution in [0.5, 0.6) is 5.75 Å². The Balaban J connectivity index is 1.95. The summed E-state index contributed by atoms with van der Waals surface area (Å²) in [7, 11) is 0. The SMILES string of the molecule is CC(=O)c1cc2c(OCc3ccccc3)cc(Cl)cc2o1. The van der Waals surface area contributed by atoms with Crippen LogP contribution in [-0.4, -0.2) is 5.78 Å². The number of ketones is 1. The first-order chi connectivity index (χ1) is 10.1. The number of hydrogen-bond acceptors (Lipinski definition) is 3. The van der Waals surface area contributed by atoms with Crippen molar-refractivity contribution in [3.63, 3.8) is 0 Å². The molecule has 21 heavy (non-hydrogen) atoms. The second-order valence-electron chi connectivity index (χ2n) is 4.76. The topological polar surface area (TPSA) is 39.4 Å². The maximum absolute atomic E-state index is 11.4. The number of halogens is 1. The lowest BCUT2D eigenvalue weighted by molar-refractivity contribution is 0.0989. The first kappa shape index (κ1) is 13.7. The van der Waals surface area contributed by atoms with Crippen LogP contribution in [0, 0.1) is 0 Å². The molecule has 0 bridgehead atoms. The zero-order valence-electron chi connectivity index (χ0n) is 11.4.